The molecule has 9 nitrogen and oxygen atoms in total. The Morgan fingerprint density at radius 3 is 2.38 bits per heavy atom. The molecule has 0 radical (unpaired) electrons. The Hall–Kier alpha value is -3.11. The fraction of sp³-hybridized carbons (Fsp3) is 0.188. The number of carbonyl (C=O) groups excluding carboxylic acids is 2. The van der Waals surface area contributed by atoms with E-state index in [2.05, 4.69) is 5.32 Å². The predicted molar refractivity (Wildman–Crippen MR) is 97.2 cm³/mol. The molecule has 1 atom stereocenters. The normalized spacial score (nSPS) is 11.6. The number of benzene rings is 1. The number of carboxylic acid groups (broad SMARTS) is 1. The number of carbonyl (C=O) groups is 3. The van der Waals surface area contributed by atoms with Crippen molar-refractivity contribution >= 4 is 34.2 Å². The third-order valence-corrected chi connectivity index (χ3v) is 4.49. The van der Waals surface area contributed by atoms with Gasteiger partial charge < -0.3 is 27.0 Å². The summed E-state index contributed by atoms with van der Waals surface area (Å²) in [6, 6.07) is 6.74. The third kappa shape index (κ3) is 4.94. The highest BCUT2D eigenvalue weighted by atomic mass is 32.1. The van der Waals surface area contributed by atoms with Gasteiger partial charge in [0.2, 0.25) is 0 Å². The molecule has 0 spiro atoms. The van der Waals surface area contributed by atoms with Crippen molar-refractivity contribution in [2.45, 2.75) is 12.5 Å². The number of hydrogen-bond donors (Lipinski definition) is 5. The molecule has 0 fully saturated rings. The lowest BCUT2D eigenvalue weighted by Gasteiger charge is -2.09. The largest absolute Gasteiger partial charge is 0.494 e. The maximum atomic E-state index is 11.5. The number of urea groups is 1. The number of ether oxygens (including phenoxy) is 1. The van der Waals surface area contributed by atoms with E-state index in [0.29, 0.717) is 10.6 Å². The molecule has 2 aromatic rings. The number of amides is 3. The first-order valence-corrected chi connectivity index (χ1v) is 8.31. The van der Waals surface area contributed by atoms with Crippen molar-refractivity contribution in [3.05, 3.63) is 35.9 Å². The van der Waals surface area contributed by atoms with Gasteiger partial charge in [-0.2, -0.15) is 0 Å². The van der Waals surface area contributed by atoms with Crippen molar-refractivity contribution in [1.82, 2.24) is 0 Å². The van der Waals surface area contributed by atoms with Gasteiger partial charge >= 0.3 is 12.0 Å². The molecule has 0 saturated heterocycles. The molecule has 0 aliphatic carbocycles. The molecule has 0 saturated carbocycles. The highest BCUT2D eigenvalue weighted by Crippen LogP contribution is 2.35. The second-order valence-corrected chi connectivity index (χ2v) is 6.37. The quantitative estimate of drug-likeness (QED) is 0.461. The smallest absolute Gasteiger partial charge is 0.320 e. The summed E-state index contributed by atoms with van der Waals surface area (Å²) in [5.74, 6) is -1.20. The summed E-state index contributed by atoms with van der Waals surface area (Å²) in [6.45, 7) is 0.171. The van der Waals surface area contributed by atoms with E-state index in [-0.39, 0.29) is 23.6 Å². The second kappa shape index (κ2) is 8.32. The van der Waals surface area contributed by atoms with Crippen molar-refractivity contribution in [2.75, 3.05) is 11.9 Å². The molecule has 0 bridgehead atoms. The van der Waals surface area contributed by atoms with Crippen LogP contribution in [0.15, 0.2) is 30.3 Å². The van der Waals surface area contributed by atoms with Crippen LogP contribution < -0.4 is 27.3 Å². The zero-order chi connectivity index (χ0) is 19.3. The molecular weight excluding hydrogens is 360 g/mol. The number of carboxylic acids is 1. The summed E-state index contributed by atoms with van der Waals surface area (Å²) in [5, 5.41) is 11.4. The standard InChI is InChI=1S/C16H18N4O5S/c17-11(15(22)23)5-6-25-9-3-1-8(2-4-9)12-7-10(13(18)21)14(26-12)20-16(19)24/h1-4,7,11H,5-6,17H2,(H2,18,21)(H,22,23)(H3,19,20,24)/t11-/m1/s1. The van der Waals surface area contributed by atoms with E-state index >= 15 is 0 Å². The number of hydrogen-bond acceptors (Lipinski definition) is 6. The first-order chi connectivity index (χ1) is 12.3. The number of rotatable bonds is 8. The minimum Gasteiger partial charge on any atom is -0.494 e. The Labute approximate surface area is 152 Å². The molecule has 10 heteroatoms. The lowest BCUT2D eigenvalue weighted by atomic mass is 10.1. The molecule has 1 aromatic heterocycles. The van der Waals surface area contributed by atoms with Gasteiger partial charge in [0.15, 0.2) is 0 Å². The van der Waals surface area contributed by atoms with E-state index in [0.717, 1.165) is 16.9 Å². The molecular formula is C16H18N4O5S. The van der Waals surface area contributed by atoms with Crippen molar-refractivity contribution < 1.29 is 24.2 Å². The van der Waals surface area contributed by atoms with Gasteiger partial charge in [-0.3, -0.25) is 14.9 Å². The lowest BCUT2D eigenvalue weighted by molar-refractivity contribution is -0.138. The summed E-state index contributed by atoms with van der Waals surface area (Å²) in [7, 11) is 0. The first kappa shape index (κ1) is 19.2. The molecule has 3 amide bonds. The van der Waals surface area contributed by atoms with E-state index in [1.807, 2.05) is 0 Å². The SMILES string of the molecule is NC(=O)Nc1sc(-c2ccc(OCC[C@@H](N)C(=O)O)cc2)cc1C(N)=O. The van der Waals surface area contributed by atoms with Gasteiger partial charge in [-0.05, 0) is 35.9 Å². The Kier molecular flexibility index (Phi) is 6.15. The van der Waals surface area contributed by atoms with Crippen LogP contribution in [0.5, 0.6) is 5.75 Å². The highest BCUT2D eigenvalue weighted by molar-refractivity contribution is 7.20. The Balaban J connectivity index is 2.09. The predicted octanol–water partition coefficient (Wildman–Crippen LogP) is 1.19. The number of thiophene rings is 1. The van der Waals surface area contributed by atoms with Crippen molar-refractivity contribution in [3.8, 4) is 16.2 Å². The van der Waals surface area contributed by atoms with Gasteiger partial charge in [0.05, 0.1) is 12.2 Å². The number of anilines is 1. The van der Waals surface area contributed by atoms with Crippen LogP contribution in [-0.2, 0) is 4.79 Å². The molecule has 2 rings (SSSR count). The van der Waals surface area contributed by atoms with Crippen LogP contribution in [0.3, 0.4) is 0 Å². The topological polar surface area (TPSA) is 171 Å². The van der Waals surface area contributed by atoms with E-state index in [9.17, 15) is 14.4 Å². The van der Waals surface area contributed by atoms with Crippen LogP contribution in [-0.4, -0.2) is 35.7 Å². The maximum Gasteiger partial charge on any atom is 0.320 e. The maximum absolute atomic E-state index is 11.5. The van der Waals surface area contributed by atoms with Crippen LogP contribution in [0.4, 0.5) is 9.80 Å². The molecule has 0 aliphatic rings. The average molecular weight is 378 g/mol. The lowest BCUT2D eigenvalue weighted by Crippen LogP contribution is -2.31. The third-order valence-electron chi connectivity index (χ3n) is 3.39. The molecule has 1 aromatic carbocycles. The van der Waals surface area contributed by atoms with Gasteiger partial charge in [-0.25, -0.2) is 4.79 Å². The molecule has 0 unspecified atom stereocenters. The summed E-state index contributed by atoms with van der Waals surface area (Å²) in [6.07, 6.45) is 0.187. The summed E-state index contributed by atoms with van der Waals surface area (Å²) >= 11 is 1.16. The van der Waals surface area contributed by atoms with E-state index in [1.54, 1.807) is 30.3 Å². The van der Waals surface area contributed by atoms with Gasteiger partial charge in [-0.1, -0.05) is 0 Å². The van der Waals surface area contributed by atoms with E-state index < -0.39 is 23.9 Å². The molecule has 1 heterocycles. The van der Waals surface area contributed by atoms with Crippen LogP contribution in [0.2, 0.25) is 0 Å². The number of aliphatic carboxylic acids is 1. The number of primary amides is 2. The van der Waals surface area contributed by atoms with Gasteiger partial charge in [0, 0.05) is 11.3 Å². The fourth-order valence-corrected chi connectivity index (χ4v) is 3.14. The van der Waals surface area contributed by atoms with E-state index in [1.165, 1.54) is 0 Å². The molecule has 138 valence electrons. The minimum atomic E-state index is -1.08. The van der Waals surface area contributed by atoms with Gasteiger partial charge in [0.1, 0.15) is 16.8 Å². The second-order valence-electron chi connectivity index (χ2n) is 5.31. The highest BCUT2D eigenvalue weighted by Gasteiger charge is 2.16. The Morgan fingerprint density at radius 2 is 1.85 bits per heavy atom. The van der Waals surface area contributed by atoms with Crippen LogP contribution in [0, 0.1) is 0 Å². The van der Waals surface area contributed by atoms with Crippen molar-refractivity contribution in [1.29, 1.82) is 0 Å². The fourth-order valence-electron chi connectivity index (χ4n) is 2.06. The number of nitrogens with one attached hydrogen (secondary N) is 1. The average Bonchev–Trinajstić information content (AvgIpc) is 2.98. The summed E-state index contributed by atoms with van der Waals surface area (Å²) in [4.78, 5) is 33.9. The van der Waals surface area contributed by atoms with Crippen molar-refractivity contribution in [3.63, 3.8) is 0 Å². The minimum absolute atomic E-state index is 0.171. The van der Waals surface area contributed by atoms with E-state index in [4.69, 9.17) is 27.0 Å². The summed E-state index contributed by atoms with van der Waals surface area (Å²) < 4.78 is 5.45. The van der Waals surface area contributed by atoms with Gasteiger partial charge in [0.25, 0.3) is 5.91 Å². The Bertz CT molecular complexity index is 819. The molecule has 26 heavy (non-hydrogen) atoms. The molecule has 8 N–H and O–H groups in total. The monoisotopic (exact) mass is 378 g/mol. The van der Waals surface area contributed by atoms with Crippen LogP contribution in [0.1, 0.15) is 16.8 Å². The summed E-state index contributed by atoms with van der Waals surface area (Å²) in [5.41, 5.74) is 16.8. The zero-order valence-electron chi connectivity index (χ0n) is 13.6. The van der Waals surface area contributed by atoms with Crippen molar-refractivity contribution in [2.24, 2.45) is 17.2 Å². The first-order valence-electron chi connectivity index (χ1n) is 7.49. The van der Waals surface area contributed by atoms with Crippen LogP contribution in [0.25, 0.3) is 10.4 Å². The zero-order valence-corrected chi connectivity index (χ0v) is 14.4. The Morgan fingerprint density at radius 1 is 1.19 bits per heavy atom. The van der Waals surface area contributed by atoms with Crippen LogP contribution >= 0.6 is 11.3 Å². The van der Waals surface area contributed by atoms with Gasteiger partial charge in [-0.15, -0.1) is 11.3 Å². The number of nitrogens with two attached hydrogens (primary N) is 3. The molecule has 0 aliphatic heterocycles.